The third kappa shape index (κ3) is 3.20. The summed E-state index contributed by atoms with van der Waals surface area (Å²) in [5.74, 6) is -0.195. The molecule has 6 nitrogen and oxygen atoms in total. The van der Waals surface area contributed by atoms with E-state index in [9.17, 15) is 9.59 Å². The number of piperidine rings is 1. The number of fused-ring (bicyclic) bond motifs is 1. The molecule has 2 heterocycles. The van der Waals surface area contributed by atoms with Gasteiger partial charge in [0.15, 0.2) is 0 Å². The summed E-state index contributed by atoms with van der Waals surface area (Å²) in [5.41, 5.74) is 4.97. The van der Waals surface area contributed by atoms with Gasteiger partial charge in [-0.05, 0) is 19.3 Å². The van der Waals surface area contributed by atoms with E-state index in [1.54, 1.807) is 0 Å². The van der Waals surface area contributed by atoms with E-state index >= 15 is 0 Å². The van der Waals surface area contributed by atoms with E-state index in [0.29, 0.717) is 25.6 Å². The maximum absolute atomic E-state index is 11.8. The number of nitrogens with one attached hydrogen (secondary N) is 1. The normalized spacial score (nSPS) is 27.3. The minimum Gasteiger partial charge on any atom is -0.370 e. The zero-order valence-corrected chi connectivity index (χ0v) is 10.6. The molecule has 2 aliphatic rings. The molecule has 0 radical (unpaired) electrons. The summed E-state index contributed by atoms with van der Waals surface area (Å²) in [5, 5.41) is 3.35. The summed E-state index contributed by atoms with van der Waals surface area (Å²) in [6.45, 7) is 1.95. The van der Waals surface area contributed by atoms with Gasteiger partial charge in [0, 0.05) is 31.6 Å². The van der Waals surface area contributed by atoms with E-state index in [-0.39, 0.29) is 18.6 Å². The fourth-order valence-corrected chi connectivity index (χ4v) is 2.82. The molecule has 0 aliphatic carbocycles. The number of nitrogens with zero attached hydrogens (tertiary/aromatic N) is 1. The van der Waals surface area contributed by atoms with Crippen LogP contribution >= 0.6 is 0 Å². The summed E-state index contributed by atoms with van der Waals surface area (Å²) in [7, 11) is 0. The summed E-state index contributed by atoms with van der Waals surface area (Å²) in [6, 6.07) is 0.581. The summed E-state index contributed by atoms with van der Waals surface area (Å²) < 4.78 is 5.08. The van der Waals surface area contributed by atoms with Crippen LogP contribution in [0, 0.1) is 0 Å². The Hall–Kier alpha value is -1.14. The first kappa shape index (κ1) is 13.3. The van der Waals surface area contributed by atoms with Crippen molar-refractivity contribution >= 4 is 11.8 Å². The molecule has 102 valence electrons. The Labute approximate surface area is 107 Å². The molecule has 2 atom stereocenters. The van der Waals surface area contributed by atoms with Crippen molar-refractivity contribution < 1.29 is 14.3 Å². The molecule has 2 rings (SSSR count). The van der Waals surface area contributed by atoms with Crippen molar-refractivity contribution in [3.8, 4) is 0 Å². The van der Waals surface area contributed by atoms with Crippen molar-refractivity contribution in [2.24, 2.45) is 5.73 Å². The molecular formula is C12H21N3O3. The third-order valence-electron chi connectivity index (χ3n) is 3.63. The van der Waals surface area contributed by atoms with Crippen molar-refractivity contribution in [3.05, 3.63) is 0 Å². The highest BCUT2D eigenvalue weighted by Crippen LogP contribution is 2.27. The van der Waals surface area contributed by atoms with E-state index in [0.717, 1.165) is 19.4 Å². The van der Waals surface area contributed by atoms with Gasteiger partial charge in [-0.2, -0.15) is 0 Å². The van der Waals surface area contributed by atoms with Gasteiger partial charge in [-0.3, -0.25) is 9.59 Å². The van der Waals surface area contributed by atoms with Crippen molar-refractivity contribution in [2.45, 2.75) is 37.8 Å². The van der Waals surface area contributed by atoms with Crippen LogP contribution in [-0.4, -0.2) is 55.1 Å². The zero-order valence-electron chi connectivity index (χ0n) is 10.6. The molecule has 2 fully saturated rings. The number of ether oxygens (including phenoxy) is 1. The Bertz CT molecular complexity index is 322. The van der Waals surface area contributed by atoms with Crippen LogP contribution in [0.2, 0.25) is 0 Å². The number of rotatable bonds is 6. The summed E-state index contributed by atoms with van der Waals surface area (Å²) in [6.07, 6.45) is 3.99. The monoisotopic (exact) mass is 255 g/mol. The molecule has 0 aromatic heterocycles. The molecule has 2 aliphatic heterocycles. The fraction of sp³-hybridized carbons (Fsp3) is 0.833. The lowest BCUT2D eigenvalue weighted by molar-refractivity contribution is -0.129. The summed E-state index contributed by atoms with van der Waals surface area (Å²) in [4.78, 5) is 24.3. The van der Waals surface area contributed by atoms with E-state index in [2.05, 4.69) is 5.32 Å². The van der Waals surface area contributed by atoms with Crippen molar-refractivity contribution in [2.75, 3.05) is 26.3 Å². The second-order valence-corrected chi connectivity index (χ2v) is 4.93. The Kier molecular flexibility index (Phi) is 4.54. The van der Waals surface area contributed by atoms with Gasteiger partial charge in [0.05, 0.1) is 6.61 Å². The molecule has 3 N–H and O–H groups in total. The Morgan fingerprint density at radius 1 is 1.50 bits per heavy atom. The molecule has 2 amide bonds. The predicted molar refractivity (Wildman–Crippen MR) is 65.8 cm³/mol. The van der Waals surface area contributed by atoms with E-state index in [1.807, 2.05) is 4.90 Å². The predicted octanol–water partition coefficient (Wildman–Crippen LogP) is -0.769. The van der Waals surface area contributed by atoms with E-state index in [1.165, 1.54) is 6.42 Å². The highest BCUT2D eigenvalue weighted by atomic mass is 16.5. The van der Waals surface area contributed by atoms with E-state index < -0.39 is 5.91 Å². The number of carbonyl (C=O) groups is 2. The summed E-state index contributed by atoms with van der Waals surface area (Å²) >= 11 is 0. The molecule has 0 aromatic carbocycles. The van der Waals surface area contributed by atoms with Crippen LogP contribution in [0.5, 0.6) is 0 Å². The first-order chi connectivity index (χ1) is 8.68. The third-order valence-corrected chi connectivity index (χ3v) is 3.63. The maximum atomic E-state index is 11.8. The first-order valence-electron chi connectivity index (χ1n) is 6.57. The molecule has 6 heteroatoms. The molecular weight excluding hydrogens is 234 g/mol. The second kappa shape index (κ2) is 6.15. The molecule has 18 heavy (non-hydrogen) atoms. The maximum Gasteiger partial charge on any atom is 0.243 e. The van der Waals surface area contributed by atoms with Crippen LogP contribution in [0.25, 0.3) is 0 Å². The van der Waals surface area contributed by atoms with Crippen LogP contribution in [0.4, 0.5) is 0 Å². The van der Waals surface area contributed by atoms with Crippen molar-refractivity contribution in [3.63, 3.8) is 0 Å². The van der Waals surface area contributed by atoms with Crippen LogP contribution < -0.4 is 11.1 Å². The Morgan fingerprint density at radius 2 is 2.33 bits per heavy atom. The highest BCUT2D eigenvalue weighted by molar-refractivity contribution is 5.80. The standard InChI is InChI=1S/C12H21N3O3/c13-11(16)8-18-6-4-14-9-7-12(17)15-5-2-1-3-10(9)15/h9-10,14H,1-8H2,(H2,13,16). The smallest absolute Gasteiger partial charge is 0.243 e. The van der Waals surface area contributed by atoms with Crippen LogP contribution in [0.1, 0.15) is 25.7 Å². The van der Waals surface area contributed by atoms with Gasteiger partial charge in [0.25, 0.3) is 0 Å². The quantitative estimate of drug-likeness (QED) is 0.610. The van der Waals surface area contributed by atoms with Gasteiger partial charge < -0.3 is 20.7 Å². The largest absolute Gasteiger partial charge is 0.370 e. The number of primary amides is 1. The molecule has 0 saturated carbocycles. The van der Waals surface area contributed by atoms with Crippen LogP contribution in [0.15, 0.2) is 0 Å². The molecule has 0 bridgehead atoms. The lowest BCUT2D eigenvalue weighted by Crippen LogP contribution is -2.46. The van der Waals surface area contributed by atoms with Crippen molar-refractivity contribution in [1.82, 2.24) is 10.2 Å². The van der Waals surface area contributed by atoms with Crippen LogP contribution in [0.3, 0.4) is 0 Å². The van der Waals surface area contributed by atoms with Gasteiger partial charge in [0.2, 0.25) is 11.8 Å². The molecule has 0 spiro atoms. The van der Waals surface area contributed by atoms with Gasteiger partial charge in [-0.1, -0.05) is 0 Å². The Morgan fingerprint density at radius 3 is 3.11 bits per heavy atom. The average Bonchev–Trinajstić information content (AvgIpc) is 2.66. The minimum atomic E-state index is -0.454. The van der Waals surface area contributed by atoms with E-state index in [4.69, 9.17) is 10.5 Å². The lowest BCUT2D eigenvalue weighted by atomic mass is 9.99. The lowest BCUT2D eigenvalue weighted by Gasteiger charge is -2.32. The van der Waals surface area contributed by atoms with Crippen LogP contribution in [-0.2, 0) is 14.3 Å². The van der Waals surface area contributed by atoms with Crippen molar-refractivity contribution in [1.29, 1.82) is 0 Å². The zero-order chi connectivity index (χ0) is 13.0. The molecule has 2 unspecified atom stereocenters. The number of hydrogen-bond acceptors (Lipinski definition) is 4. The average molecular weight is 255 g/mol. The van der Waals surface area contributed by atoms with Gasteiger partial charge in [0.1, 0.15) is 6.61 Å². The highest BCUT2D eigenvalue weighted by Gasteiger charge is 2.40. The number of amides is 2. The minimum absolute atomic E-state index is 0.0408. The fourth-order valence-electron chi connectivity index (χ4n) is 2.82. The number of carbonyl (C=O) groups excluding carboxylic acids is 2. The van der Waals surface area contributed by atoms with Gasteiger partial charge in [-0.25, -0.2) is 0 Å². The Balaban J connectivity index is 1.69. The molecule has 2 saturated heterocycles. The van der Waals surface area contributed by atoms with Gasteiger partial charge >= 0.3 is 0 Å². The number of hydrogen-bond donors (Lipinski definition) is 2. The topological polar surface area (TPSA) is 84.7 Å². The number of nitrogens with two attached hydrogens (primary N) is 1. The SMILES string of the molecule is NC(=O)COCCNC1CC(=O)N2CCCCC12. The molecule has 0 aromatic rings. The van der Waals surface area contributed by atoms with Gasteiger partial charge in [-0.15, -0.1) is 0 Å². The first-order valence-corrected chi connectivity index (χ1v) is 6.57. The second-order valence-electron chi connectivity index (χ2n) is 4.93.